The van der Waals surface area contributed by atoms with E-state index in [1.807, 2.05) is 27.7 Å². The predicted octanol–water partition coefficient (Wildman–Crippen LogP) is 17.8. The van der Waals surface area contributed by atoms with Gasteiger partial charge in [0.25, 0.3) is 0 Å². The lowest BCUT2D eigenvalue weighted by atomic mass is 9.58. The summed E-state index contributed by atoms with van der Waals surface area (Å²) in [6.07, 6.45) is 32.2. The Kier molecular flexibility index (Phi) is 22.5. The second kappa shape index (κ2) is 25.3. The number of hydrogen-bond acceptors (Lipinski definition) is 1. The molecule has 11 unspecified atom stereocenters. The average Bonchev–Trinajstić information content (AvgIpc) is 3.84. The van der Waals surface area contributed by atoms with Gasteiger partial charge in [-0.3, -0.25) is 0 Å². The molecule has 5 saturated carbocycles. The van der Waals surface area contributed by atoms with Gasteiger partial charge in [-0.15, -0.1) is 0 Å². The van der Waals surface area contributed by atoms with Crippen molar-refractivity contribution in [2.45, 2.75) is 222 Å². The fraction of sp³-hybridized carbons (Fsp3) is 0.889. The van der Waals surface area contributed by atoms with E-state index in [4.69, 9.17) is 19.2 Å². The predicted molar refractivity (Wildman–Crippen MR) is 252 cm³/mol. The first kappa shape index (κ1) is 48.9. The number of thiol groups is 1. The van der Waals surface area contributed by atoms with Gasteiger partial charge in [0.1, 0.15) is 0 Å². The summed E-state index contributed by atoms with van der Waals surface area (Å²) in [5, 5.41) is 0.599. The smallest absolute Gasteiger partial charge is 0.00478 e. The van der Waals surface area contributed by atoms with Crippen LogP contribution in [-0.2, 0) is 0 Å². The van der Waals surface area contributed by atoms with Gasteiger partial charge in [-0.05, 0) is 205 Å². The molecule has 5 rings (SSSR count). The Labute approximate surface area is 352 Å². The van der Waals surface area contributed by atoms with E-state index in [0.29, 0.717) is 11.2 Å². The summed E-state index contributed by atoms with van der Waals surface area (Å²) in [5.74, 6) is 12.4. The molecule has 5 fully saturated rings. The van der Waals surface area contributed by atoms with Gasteiger partial charge in [0.15, 0.2) is 0 Å². The van der Waals surface area contributed by atoms with Crippen LogP contribution in [0.5, 0.6) is 0 Å². The molecule has 5 aliphatic carbocycles. The normalized spacial score (nSPS) is 36.4. The lowest BCUT2D eigenvalue weighted by Crippen LogP contribution is -2.38. The molecule has 0 aromatic carbocycles. The molecular weight excluding hydrogens is 681 g/mol. The van der Waals surface area contributed by atoms with Crippen LogP contribution < -0.4 is 0 Å². The molecule has 0 N–H and O–H groups in total. The van der Waals surface area contributed by atoms with Gasteiger partial charge in [-0.25, -0.2) is 0 Å². The monoisotopic (exact) mass is 779 g/mol. The Balaban J connectivity index is 0.00000196. The lowest BCUT2D eigenvalue weighted by Gasteiger charge is -2.47. The van der Waals surface area contributed by atoms with Crippen LogP contribution in [0.1, 0.15) is 217 Å². The summed E-state index contributed by atoms with van der Waals surface area (Å²) in [6.45, 7) is 36.7. The van der Waals surface area contributed by atoms with Gasteiger partial charge in [0.2, 0.25) is 0 Å². The molecule has 0 spiro atoms. The number of hydrogen-bond donors (Lipinski definition) is 1. The van der Waals surface area contributed by atoms with Crippen LogP contribution in [0.3, 0.4) is 0 Å². The van der Waals surface area contributed by atoms with Gasteiger partial charge in [-0.1, -0.05) is 131 Å². The molecule has 0 bridgehead atoms. The molecule has 0 aliphatic heterocycles. The summed E-state index contributed by atoms with van der Waals surface area (Å²) in [5.41, 5.74) is 4.62. The van der Waals surface area contributed by atoms with Gasteiger partial charge < -0.3 is 0 Å². The number of fused-ring (bicyclic) bond motifs is 1. The molecule has 15 atom stereocenters. The Bertz CT molecular complexity index is 1100. The van der Waals surface area contributed by atoms with Crippen molar-refractivity contribution in [1.29, 1.82) is 0 Å². The van der Waals surface area contributed by atoms with Crippen molar-refractivity contribution >= 4 is 12.6 Å². The van der Waals surface area contributed by atoms with E-state index in [0.717, 1.165) is 76.9 Å². The summed E-state index contributed by atoms with van der Waals surface area (Å²) < 4.78 is 0. The van der Waals surface area contributed by atoms with E-state index in [1.54, 1.807) is 18.4 Å². The highest BCUT2D eigenvalue weighted by Gasteiger charge is 2.43. The largest absolute Gasteiger partial charge is 0.176 e. The molecule has 320 valence electrons. The van der Waals surface area contributed by atoms with Crippen molar-refractivity contribution in [1.82, 2.24) is 0 Å². The van der Waals surface area contributed by atoms with Crippen LogP contribution >= 0.6 is 12.6 Å². The van der Waals surface area contributed by atoms with Crippen molar-refractivity contribution in [3.05, 3.63) is 36.5 Å². The van der Waals surface area contributed by atoms with Crippen molar-refractivity contribution in [3.8, 4) is 0 Å². The minimum atomic E-state index is 0.599. The van der Waals surface area contributed by atoms with E-state index in [1.165, 1.54) is 146 Å². The SMILES string of the molecule is C=C1CCC(CCC2CCC(C3CC(C)C4CC(CC(=C)CC(CCC(=C)[C@H](C)CCC)[C@@H](C)[C@@H]5CC(CCC)C(S)C[C@@H]5C)CCC4C3)C2)C1.CC.CC. The van der Waals surface area contributed by atoms with Gasteiger partial charge in [0, 0.05) is 5.25 Å². The maximum atomic E-state index is 5.12. The zero-order valence-electron chi connectivity index (χ0n) is 39.0. The second-order valence-corrected chi connectivity index (χ2v) is 21.2. The molecule has 0 radical (unpaired) electrons. The van der Waals surface area contributed by atoms with Crippen molar-refractivity contribution in [3.63, 3.8) is 0 Å². The van der Waals surface area contributed by atoms with E-state index in [9.17, 15) is 0 Å². The first-order valence-electron chi connectivity index (χ1n) is 25.1. The van der Waals surface area contributed by atoms with Crippen molar-refractivity contribution < 1.29 is 0 Å². The quantitative estimate of drug-likeness (QED) is 0.104. The standard InChI is InChI=1S/C50H86S.2C2H6/c1-10-12-35(5)36(6)15-21-43(39(9)48-32-46(13-11-2)50(51)28-38(48)8)26-34(4)25-42-20-23-45-31-47(27-37(7)49(45)30-42)44-22-19-41(29-44)18-17-40-16-14-33(3)24-40;2*1-2/h35,37-51H,3-4,6,10-32H2,1-2,5,7-9H3;2*1-2H3/t35-,37?,38+,39-,40?,41?,42?,43?,44?,45?,46?,47?,48-,49?,50?;;/m1../s1. The highest BCUT2D eigenvalue weighted by Crippen LogP contribution is 2.54. The maximum Gasteiger partial charge on any atom is 0.00478 e. The molecule has 0 heterocycles. The van der Waals surface area contributed by atoms with Gasteiger partial charge >= 0.3 is 0 Å². The Hall–Kier alpha value is -0.430. The summed E-state index contributed by atoms with van der Waals surface area (Å²) >= 11 is 5.12. The average molecular weight is 779 g/mol. The Morgan fingerprint density at radius 1 is 0.709 bits per heavy atom. The number of rotatable bonds is 18. The molecule has 1 heteroatoms. The summed E-state index contributed by atoms with van der Waals surface area (Å²) in [6, 6.07) is 0. The summed E-state index contributed by atoms with van der Waals surface area (Å²) in [7, 11) is 0. The number of allylic oxidation sites excluding steroid dienone is 3. The highest BCUT2D eigenvalue weighted by atomic mass is 32.1. The van der Waals surface area contributed by atoms with Crippen molar-refractivity contribution in [2.75, 3.05) is 0 Å². The third-order valence-electron chi connectivity index (χ3n) is 16.8. The van der Waals surface area contributed by atoms with Crippen LogP contribution in [0.4, 0.5) is 0 Å². The molecule has 55 heavy (non-hydrogen) atoms. The minimum absolute atomic E-state index is 0.599. The Morgan fingerprint density at radius 3 is 2.07 bits per heavy atom. The first-order chi connectivity index (χ1) is 26.4. The summed E-state index contributed by atoms with van der Waals surface area (Å²) in [4.78, 5) is 0. The van der Waals surface area contributed by atoms with E-state index in [2.05, 4.69) is 54.7 Å². The van der Waals surface area contributed by atoms with Crippen LogP contribution in [0.2, 0.25) is 0 Å². The first-order valence-corrected chi connectivity index (χ1v) is 25.7. The molecule has 0 aromatic rings. The van der Waals surface area contributed by atoms with Crippen LogP contribution in [0.15, 0.2) is 36.5 Å². The lowest BCUT2D eigenvalue weighted by molar-refractivity contribution is 0.0318. The molecule has 0 saturated heterocycles. The van der Waals surface area contributed by atoms with E-state index in [-0.39, 0.29) is 0 Å². The molecule has 0 amide bonds. The minimum Gasteiger partial charge on any atom is -0.176 e. The van der Waals surface area contributed by atoms with Gasteiger partial charge in [0.05, 0.1) is 0 Å². The van der Waals surface area contributed by atoms with E-state index >= 15 is 0 Å². The van der Waals surface area contributed by atoms with Crippen LogP contribution in [-0.4, -0.2) is 5.25 Å². The molecule has 5 aliphatic rings. The highest BCUT2D eigenvalue weighted by molar-refractivity contribution is 7.81. The molecular formula is C54H98S. The topological polar surface area (TPSA) is 0 Å². The van der Waals surface area contributed by atoms with Crippen LogP contribution in [0, 0.1) is 82.9 Å². The van der Waals surface area contributed by atoms with E-state index < -0.39 is 0 Å². The Morgan fingerprint density at radius 2 is 1.40 bits per heavy atom. The van der Waals surface area contributed by atoms with Gasteiger partial charge in [-0.2, -0.15) is 12.6 Å². The maximum absolute atomic E-state index is 5.12. The zero-order chi connectivity index (χ0) is 40.7. The van der Waals surface area contributed by atoms with Crippen molar-refractivity contribution in [2.24, 2.45) is 82.9 Å². The zero-order valence-corrected chi connectivity index (χ0v) is 39.9. The fourth-order valence-corrected chi connectivity index (χ4v) is 14.1. The third-order valence-corrected chi connectivity index (χ3v) is 17.4. The molecule has 0 nitrogen and oxygen atoms in total. The van der Waals surface area contributed by atoms with Crippen LogP contribution in [0.25, 0.3) is 0 Å². The molecule has 0 aromatic heterocycles. The fourth-order valence-electron chi connectivity index (χ4n) is 13.5. The third kappa shape index (κ3) is 14.7. The second-order valence-electron chi connectivity index (χ2n) is 20.6.